The molecular formula is C34H36FN5O6. The van der Waals surface area contributed by atoms with Crippen molar-refractivity contribution in [1.82, 2.24) is 24.7 Å². The molecule has 3 aromatic rings. The van der Waals surface area contributed by atoms with Gasteiger partial charge in [-0.2, -0.15) is 0 Å². The van der Waals surface area contributed by atoms with Crippen molar-refractivity contribution in [2.45, 2.75) is 83.1 Å². The zero-order valence-corrected chi connectivity index (χ0v) is 26.2. The van der Waals surface area contributed by atoms with E-state index in [0.717, 1.165) is 48.0 Å². The molecule has 11 nitrogen and oxygen atoms in total. The van der Waals surface area contributed by atoms with Gasteiger partial charge in [-0.1, -0.05) is 6.92 Å². The number of halogens is 1. The van der Waals surface area contributed by atoms with Gasteiger partial charge in [0.15, 0.2) is 6.61 Å². The van der Waals surface area contributed by atoms with Crippen molar-refractivity contribution < 1.29 is 28.2 Å². The van der Waals surface area contributed by atoms with Crippen LogP contribution in [0, 0.1) is 12.7 Å². The molecule has 1 N–H and O–H groups in total. The van der Waals surface area contributed by atoms with E-state index >= 15 is 4.39 Å². The molecule has 8 rings (SSSR count). The first-order chi connectivity index (χ1) is 22.1. The molecule has 5 aliphatic rings. The van der Waals surface area contributed by atoms with E-state index in [9.17, 15) is 19.2 Å². The van der Waals surface area contributed by atoms with Crippen LogP contribution in [-0.2, 0) is 38.6 Å². The van der Waals surface area contributed by atoms with E-state index in [4.69, 9.17) is 14.5 Å². The number of hydrogen-bond acceptors (Lipinski definition) is 8. The van der Waals surface area contributed by atoms with Crippen molar-refractivity contribution >= 4 is 28.9 Å². The zero-order valence-electron chi connectivity index (χ0n) is 26.2. The number of likely N-dealkylation sites (N-methyl/N-ethyl adjacent to an activating group) is 1. The van der Waals surface area contributed by atoms with Gasteiger partial charge in [0.2, 0.25) is 0 Å². The van der Waals surface area contributed by atoms with Gasteiger partial charge in [-0.25, -0.2) is 14.2 Å². The molecule has 0 spiro atoms. The number of fused-ring (bicyclic) bond motifs is 7. The topological polar surface area (TPSA) is 123 Å². The van der Waals surface area contributed by atoms with Crippen molar-refractivity contribution in [3.8, 4) is 11.4 Å². The summed E-state index contributed by atoms with van der Waals surface area (Å²) in [7, 11) is 2.06. The van der Waals surface area contributed by atoms with Crippen LogP contribution in [0.1, 0.15) is 77.9 Å². The van der Waals surface area contributed by atoms with E-state index in [1.807, 2.05) is 17.9 Å². The van der Waals surface area contributed by atoms with Crippen molar-refractivity contribution in [2.24, 2.45) is 0 Å². The average Bonchev–Trinajstić information content (AvgIpc) is 3.53. The highest BCUT2D eigenvalue weighted by molar-refractivity contribution is 5.93. The number of carbonyl (C=O) groups is 3. The quantitative estimate of drug-likeness (QED) is 0.341. The highest BCUT2D eigenvalue weighted by Crippen LogP contribution is 2.45. The summed E-state index contributed by atoms with van der Waals surface area (Å²) in [5.41, 5.74) is 5.32. The van der Waals surface area contributed by atoms with E-state index in [1.54, 1.807) is 11.5 Å². The molecule has 2 bridgehead atoms. The smallest absolute Gasteiger partial charge is 0.408 e. The van der Waals surface area contributed by atoms with Crippen LogP contribution in [0.15, 0.2) is 16.9 Å². The molecule has 4 atom stereocenters. The number of likely N-dealkylation sites (tertiary alicyclic amines) is 1. The van der Waals surface area contributed by atoms with E-state index in [0.29, 0.717) is 52.9 Å². The summed E-state index contributed by atoms with van der Waals surface area (Å²) in [4.78, 5) is 61.7. The fourth-order valence-corrected chi connectivity index (χ4v) is 8.63. The Morgan fingerprint density at radius 1 is 1.11 bits per heavy atom. The Morgan fingerprint density at radius 3 is 2.61 bits per heavy atom. The van der Waals surface area contributed by atoms with Crippen LogP contribution < -0.4 is 10.9 Å². The maximum absolute atomic E-state index is 15.2. The van der Waals surface area contributed by atoms with Crippen LogP contribution in [0.25, 0.3) is 22.3 Å². The SMILES string of the molecule is CCC1C(=O)OCc2c1cc1n(c2=O)Cc2c-1nc1cc(F)c(C)c3c1c2C(NC(=O)OCC(=O)N1C2CCC1CN(C)C2)CC3. The minimum atomic E-state index is -0.703. The van der Waals surface area contributed by atoms with Crippen LogP contribution in [0.3, 0.4) is 0 Å². The number of carbonyl (C=O) groups excluding carboxylic acids is 3. The molecular weight excluding hydrogens is 593 g/mol. The lowest BCUT2D eigenvalue weighted by Gasteiger charge is -2.39. The molecule has 12 heteroatoms. The molecule has 46 heavy (non-hydrogen) atoms. The molecule has 240 valence electrons. The van der Waals surface area contributed by atoms with Gasteiger partial charge in [0.05, 0.1) is 41.0 Å². The second kappa shape index (κ2) is 10.6. The summed E-state index contributed by atoms with van der Waals surface area (Å²) in [6.07, 6.45) is 2.68. The predicted molar refractivity (Wildman–Crippen MR) is 165 cm³/mol. The second-order valence-corrected chi connectivity index (χ2v) is 13.4. The van der Waals surface area contributed by atoms with Gasteiger partial charge in [0.25, 0.3) is 11.5 Å². The fourth-order valence-electron chi connectivity index (χ4n) is 8.63. The van der Waals surface area contributed by atoms with E-state index in [1.165, 1.54) is 6.07 Å². The molecule has 1 aromatic carbocycles. The van der Waals surface area contributed by atoms with Crippen molar-refractivity contribution in [2.75, 3.05) is 26.7 Å². The number of piperazine rings is 1. The normalized spacial score (nSPS) is 24.3. The monoisotopic (exact) mass is 629 g/mol. The van der Waals surface area contributed by atoms with Gasteiger partial charge < -0.3 is 29.2 Å². The molecule has 6 heterocycles. The Balaban J connectivity index is 1.14. The molecule has 2 saturated heterocycles. The van der Waals surface area contributed by atoms with Crippen molar-refractivity contribution in [3.05, 3.63) is 61.7 Å². The molecule has 1 aliphatic carbocycles. The number of nitrogens with zero attached hydrogens (tertiary/aromatic N) is 4. The number of aromatic nitrogens is 2. The number of nitrogens with one attached hydrogen (secondary N) is 1. The Morgan fingerprint density at radius 2 is 1.87 bits per heavy atom. The Bertz CT molecular complexity index is 1910. The molecule has 4 aliphatic heterocycles. The van der Waals surface area contributed by atoms with E-state index < -0.39 is 18.1 Å². The predicted octanol–water partition coefficient (Wildman–Crippen LogP) is 3.44. The number of benzene rings is 1. The molecule has 0 saturated carbocycles. The summed E-state index contributed by atoms with van der Waals surface area (Å²) >= 11 is 0. The minimum absolute atomic E-state index is 0.0820. The van der Waals surface area contributed by atoms with Gasteiger partial charge in [-0.15, -0.1) is 0 Å². The minimum Gasteiger partial charge on any atom is -0.460 e. The third kappa shape index (κ3) is 4.29. The Hall–Kier alpha value is -4.32. The van der Waals surface area contributed by atoms with Crippen LogP contribution in [0.5, 0.6) is 0 Å². The van der Waals surface area contributed by atoms with Gasteiger partial charge in [0.1, 0.15) is 12.4 Å². The third-order valence-electron chi connectivity index (χ3n) is 10.8. The fraction of sp³-hybridized carbons (Fsp3) is 0.500. The van der Waals surface area contributed by atoms with E-state index in [2.05, 4.69) is 17.3 Å². The lowest BCUT2D eigenvalue weighted by Crippen LogP contribution is -2.55. The van der Waals surface area contributed by atoms with Gasteiger partial charge in [-0.3, -0.25) is 14.4 Å². The number of hydrogen-bond donors (Lipinski definition) is 1. The standard InChI is InChI=1S/C34H36FN5O6/c1-4-19-21-9-27-31-22(13-39(27)32(42)23(21)14-45-33(19)43)30-25(8-7-20-16(2)24(35)10-26(36-31)29(20)30)37-34(44)46-15-28(41)40-17-5-6-18(40)12-38(3)11-17/h9-10,17-19,25H,4-8,11-15H2,1-3H3,(H,37,44). The van der Waals surface area contributed by atoms with Gasteiger partial charge in [0, 0.05) is 42.2 Å². The Labute approximate surface area is 264 Å². The van der Waals surface area contributed by atoms with Gasteiger partial charge in [-0.05, 0) is 74.4 Å². The number of ether oxygens (including phenoxy) is 2. The van der Waals surface area contributed by atoms with Crippen LogP contribution in [0.2, 0.25) is 0 Å². The molecule has 2 amide bonds. The van der Waals surface area contributed by atoms with Gasteiger partial charge >= 0.3 is 12.1 Å². The lowest BCUT2D eigenvalue weighted by molar-refractivity contribution is -0.148. The summed E-state index contributed by atoms with van der Waals surface area (Å²) in [6, 6.07) is 3.04. The summed E-state index contributed by atoms with van der Waals surface area (Å²) < 4.78 is 27.7. The Kier molecular flexibility index (Phi) is 6.72. The second-order valence-electron chi connectivity index (χ2n) is 13.4. The first kappa shape index (κ1) is 29.1. The largest absolute Gasteiger partial charge is 0.460 e. The molecule has 4 unspecified atom stereocenters. The summed E-state index contributed by atoms with van der Waals surface area (Å²) in [6.45, 7) is 5.04. The van der Waals surface area contributed by atoms with Crippen molar-refractivity contribution in [1.29, 1.82) is 0 Å². The lowest BCUT2D eigenvalue weighted by atomic mass is 9.81. The zero-order chi connectivity index (χ0) is 32.0. The van der Waals surface area contributed by atoms with Crippen LogP contribution in [0.4, 0.5) is 9.18 Å². The van der Waals surface area contributed by atoms with Crippen LogP contribution in [-0.4, -0.2) is 76.1 Å². The maximum Gasteiger partial charge on any atom is 0.408 e. The number of rotatable bonds is 4. The summed E-state index contributed by atoms with van der Waals surface area (Å²) in [5, 5.41) is 3.76. The maximum atomic E-state index is 15.2. The van der Waals surface area contributed by atoms with Crippen LogP contribution >= 0.6 is 0 Å². The third-order valence-corrected chi connectivity index (χ3v) is 10.8. The number of aryl methyl sites for hydroxylation is 1. The number of cyclic esters (lactones) is 1. The number of pyridine rings is 2. The number of esters is 1. The van der Waals surface area contributed by atoms with Crippen molar-refractivity contribution in [3.63, 3.8) is 0 Å². The molecule has 0 radical (unpaired) electrons. The summed E-state index contributed by atoms with van der Waals surface area (Å²) in [5.74, 6) is -1.46. The first-order valence-electron chi connectivity index (χ1n) is 16.2. The highest BCUT2D eigenvalue weighted by Gasteiger charge is 2.42. The highest BCUT2D eigenvalue weighted by atomic mass is 19.1. The first-order valence-corrected chi connectivity index (χ1v) is 16.2. The average molecular weight is 630 g/mol. The number of alkyl carbamates (subject to hydrolysis) is 1. The number of amides is 2. The van der Waals surface area contributed by atoms with E-state index in [-0.39, 0.29) is 55.1 Å². The molecule has 2 fully saturated rings. The molecule has 2 aromatic heterocycles.